The second-order valence-electron chi connectivity index (χ2n) is 6.93. The van der Waals surface area contributed by atoms with Crippen LogP contribution >= 0.6 is 0 Å². The number of esters is 1. The van der Waals surface area contributed by atoms with Gasteiger partial charge < -0.3 is 23.7 Å². The molecule has 160 valence electrons. The Morgan fingerprint density at radius 3 is 2.87 bits per heavy atom. The third-order valence-electron chi connectivity index (χ3n) is 5.01. The Labute approximate surface area is 174 Å². The van der Waals surface area contributed by atoms with Gasteiger partial charge in [-0.05, 0) is 38.0 Å². The first-order chi connectivity index (χ1) is 14.6. The number of allylic oxidation sites excluding steroid dienone is 1. The van der Waals surface area contributed by atoms with E-state index < -0.39 is 18.2 Å². The second-order valence-corrected chi connectivity index (χ2v) is 6.93. The number of carbonyl (C=O) groups excluding carboxylic acids is 1. The molecule has 3 atom stereocenters. The van der Waals surface area contributed by atoms with Crippen molar-refractivity contribution >= 4 is 16.9 Å². The fourth-order valence-electron chi connectivity index (χ4n) is 3.64. The predicted octanol–water partition coefficient (Wildman–Crippen LogP) is 3.27. The van der Waals surface area contributed by atoms with Crippen LogP contribution in [0, 0.1) is 5.92 Å². The molecule has 1 aliphatic heterocycles. The fourth-order valence-corrected chi connectivity index (χ4v) is 3.64. The van der Waals surface area contributed by atoms with Gasteiger partial charge in [0, 0.05) is 30.6 Å². The zero-order valence-electron chi connectivity index (χ0n) is 16.9. The lowest BCUT2D eigenvalue weighted by Crippen LogP contribution is -2.38. The summed E-state index contributed by atoms with van der Waals surface area (Å²) in [5.41, 5.74) is 0.711. The van der Waals surface area contributed by atoms with Gasteiger partial charge in [0.15, 0.2) is 5.43 Å². The highest BCUT2D eigenvalue weighted by atomic mass is 16.7. The topological polar surface area (TPSA) is 95.2 Å². The molecule has 0 radical (unpaired) electrons. The Morgan fingerprint density at radius 1 is 1.33 bits per heavy atom. The monoisotopic (exact) mass is 414 g/mol. The van der Waals surface area contributed by atoms with E-state index in [1.54, 1.807) is 30.3 Å². The number of para-hydroxylation sites is 1. The molecule has 0 amide bonds. The molecule has 1 aliphatic rings. The maximum atomic E-state index is 13.2. The molecule has 1 aromatic carbocycles. The number of fused-ring (bicyclic) bond motifs is 1. The Morgan fingerprint density at radius 2 is 2.13 bits per heavy atom. The molecule has 7 heteroatoms. The van der Waals surface area contributed by atoms with Crippen molar-refractivity contribution in [3.63, 3.8) is 0 Å². The SMILES string of the molecule is C=CCOC(=O)C1=C[C@@H](c2coc3ccccc3c2=O)[C@@H](CCCO)[C@@H](OCC)O1. The number of rotatable bonds is 9. The molecule has 0 saturated carbocycles. The summed E-state index contributed by atoms with van der Waals surface area (Å²) >= 11 is 0. The molecule has 2 heterocycles. The van der Waals surface area contributed by atoms with Crippen LogP contribution in [-0.4, -0.2) is 37.2 Å². The van der Waals surface area contributed by atoms with E-state index in [1.165, 1.54) is 12.3 Å². The highest BCUT2D eigenvalue weighted by molar-refractivity contribution is 5.86. The van der Waals surface area contributed by atoms with Crippen LogP contribution in [-0.2, 0) is 19.0 Å². The zero-order chi connectivity index (χ0) is 21.5. The summed E-state index contributed by atoms with van der Waals surface area (Å²) in [4.78, 5) is 25.7. The molecule has 0 fully saturated rings. The molecular formula is C23H26O7. The number of ether oxygens (including phenoxy) is 3. The molecule has 0 aliphatic carbocycles. The molecule has 0 saturated heterocycles. The Bertz CT molecular complexity index is 975. The van der Waals surface area contributed by atoms with E-state index in [9.17, 15) is 14.7 Å². The molecule has 0 unspecified atom stereocenters. The minimum Gasteiger partial charge on any atom is -0.464 e. The van der Waals surface area contributed by atoms with Crippen molar-refractivity contribution in [1.82, 2.24) is 0 Å². The van der Waals surface area contributed by atoms with Gasteiger partial charge in [-0.1, -0.05) is 24.8 Å². The zero-order valence-corrected chi connectivity index (χ0v) is 16.9. The van der Waals surface area contributed by atoms with Gasteiger partial charge in [-0.2, -0.15) is 0 Å². The maximum Gasteiger partial charge on any atom is 0.373 e. The molecule has 7 nitrogen and oxygen atoms in total. The van der Waals surface area contributed by atoms with Gasteiger partial charge in [0.25, 0.3) is 0 Å². The van der Waals surface area contributed by atoms with Gasteiger partial charge in [0.1, 0.15) is 12.2 Å². The smallest absolute Gasteiger partial charge is 0.373 e. The Balaban J connectivity index is 2.09. The van der Waals surface area contributed by atoms with E-state index in [0.717, 1.165) is 0 Å². The van der Waals surface area contributed by atoms with Crippen molar-refractivity contribution in [2.75, 3.05) is 19.8 Å². The minimum atomic E-state index is -0.770. The Hall–Kier alpha value is -2.90. The number of hydrogen-bond acceptors (Lipinski definition) is 7. The first-order valence-corrected chi connectivity index (χ1v) is 10.00. The maximum absolute atomic E-state index is 13.2. The van der Waals surface area contributed by atoms with Gasteiger partial charge in [-0.3, -0.25) is 4.79 Å². The number of aliphatic hydroxyl groups is 1. The summed E-state index contributed by atoms with van der Waals surface area (Å²) in [5.74, 6) is -1.48. The summed E-state index contributed by atoms with van der Waals surface area (Å²) in [6.07, 6.45) is 4.73. The van der Waals surface area contributed by atoms with Crippen LogP contribution in [0.15, 0.2) is 64.2 Å². The van der Waals surface area contributed by atoms with Crippen LogP contribution < -0.4 is 5.43 Å². The Kier molecular flexibility index (Phi) is 7.43. The van der Waals surface area contributed by atoms with E-state index in [1.807, 2.05) is 6.92 Å². The van der Waals surface area contributed by atoms with E-state index in [4.69, 9.17) is 18.6 Å². The number of carbonyl (C=O) groups is 1. The van der Waals surface area contributed by atoms with Crippen molar-refractivity contribution in [2.45, 2.75) is 32.0 Å². The molecule has 3 rings (SSSR count). The average Bonchev–Trinajstić information content (AvgIpc) is 2.77. The van der Waals surface area contributed by atoms with Gasteiger partial charge in [0.05, 0.1) is 11.6 Å². The summed E-state index contributed by atoms with van der Waals surface area (Å²) in [7, 11) is 0. The summed E-state index contributed by atoms with van der Waals surface area (Å²) in [5, 5.41) is 9.80. The minimum absolute atomic E-state index is 0.00760. The van der Waals surface area contributed by atoms with Gasteiger partial charge >= 0.3 is 5.97 Å². The van der Waals surface area contributed by atoms with E-state index >= 15 is 0 Å². The summed E-state index contributed by atoms with van der Waals surface area (Å²) in [6.45, 7) is 5.74. The number of benzene rings is 1. The number of aliphatic hydroxyl groups excluding tert-OH is 1. The summed E-state index contributed by atoms with van der Waals surface area (Å²) in [6, 6.07) is 7.00. The first-order valence-electron chi connectivity index (χ1n) is 10.00. The first kappa shape index (κ1) is 21.8. The lowest BCUT2D eigenvalue weighted by molar-refractivity contribution is -0.175. The van der Waals surface area contributed by atoms with Crippen molar-refractivity contribution in [2.24, 2.45) is 5.92 Å². The van der Waals surface area contributed by atoms with Gasteiger partial charge in [-0.15, -0.1) is 0 Å². The third-order valence-corrected chi connectivity index (χ3v) is 5.01. The largest absolute Gasteiger partial charge is 0.464 e. The second kappa shape index (κ2) is 10.2. The highest BCUT2D eigenvalue weighted by Gasteiger charge is 2.39. The third kappa shape index (κ3) is 4.63. The van der Waals surface area contributed by atoms with Crippen molar-refractivity contribution in [3.05, 3.63) is 70.8 Å². The van der Waals surface area contributed by atoms with E-state index in [-0.39, 0.29) is 30.3 Å². The van der Waals surface area contributed by atoms with Crippen LogP contribution in [0.25, 0.3) is 11.0 Å². The van der Waals surface area contributed by atoms with E-state index in [2.05, 4.69) is 6.58 Å². The van der Waals surface area contributed by atoms with Gasteiger partial charge in [-0.25, -0.2) is 4.79 Å². The average molecular weight is 414 g/mol. The van der Waals surface area contributed by atoms with Crippen LogP contribution in [0.1, 0.15) is 31.2 Å². The lowest BCUT2D eigenvalue weighted by Gasteiger charge is -2.36. The van der Waals surface area contributed by atoms with E-state index in [0.29, 0.717) is 36.0 Å². The lowest BCUT2D eigenvalue weighted by atomic mass is 9.81. The summed E-state index contributed by atoms with van der Waals surface area (Å²) < 4.78 is 22.3. The molecule has 2 aromatic rings. The van der Waals surface area contributed by atoms with Crippen LogP contribution in [0.2, 0.25) is 0 Å². The van der Waals surface area contributed by atoms with Crippen molar-refractivity contribution in [3.8, 4) is 0 Å². The standard InChI is InChI=1S/C23H26O7/c1-3-12-28-22(26)20-13-17(15(9-7-11-24)23(30-20)27-4-2)18-14-29-19-10-6-5-8-16(19)21(18)25/h3,5-6,8,10,13-15,17,23-24H,1,4,7,9,11-12H2,2H3/t15-,17-,23+/m1/s1. The quantitative estimate of drug-likeness (QED) is 0.497. The van der Waals surface area contributed by atoms with Crippen LogP contribution in [0.4, 0.5) is 0 Å². The molecule has 1 aromatic heterocycles. The van der Waals surface area contributed by atoms with Crippen LogP contribution in [0.5, 0.6) is 0 Å². The fraction of sp³-hybridized carbons (Fsp3) is 0.391. The van der Waals surface area contributed by atoms with Gasteiger partial charge in [0.2, 0.25) is 12.0 Å². The highest BCUT2D eigenvalue weighted by Crippen LogP contribution is 2.39. The normalized spacial score (nSPS) is 21.0. The van der Waals surface area contributed by atoms with Crippen molar-refractivity contribution in [1.29, 1.82) is 0 Å². The molecule has 0 spiro atoms. The molecule has 1 N–H and O–H groups in total. The molecule has 0 bridgehead atoms. The molecular weight excluding hydrogens is 388 g/mol. The number of hydrogen-bond donors (Lipinski definition) is 1. The van der Waals surface area contributed by atoms with Crippen LogP contribution in [0.3, 0.4) is 0 Å². The van der Waals surface area contributed by atoms with Crippen molar-refractivity contribution < 1.29 is 28.5 Å². The molecule has 30 heavy (non-hydrogen) atoms. The predicted molar refractivity (Wildman–Crippen MR) is 111 cm³/mol.